The summed E-state index contributed by atoms with van der Waals surface area (Å²) in [5, 5.41) is 0. The molecular weight excluding hydrogens is 483 g/mol. The van der Waals surface area contributed by atoms with Crippen LogP contribution in [0.2, 0.25) is 0 Å². The zero-order valence-corrected chi connectivity index (χ0v) is 27.7. The van der Waals surface area contributed by atoms with E-state index in [0.717, 1.165) is 25.7 Å². The summed E-state index contributed by atoms with van der Waals surface area (Å²) in [6.07, 6.45) is 34.1. The molecule has 0 aliphatic heterocycles. The van der Waals surface area contributed by atoms with Crippen molar-refractivity contribution in [2.24, 2.45) is 5.92 Å². The molecule has 6 heteroatoms. The number of hydrogen-bond donors (Lipinski definition) is 0. The van der Waals surface area contributed by atoms with Crippen molar-refractivity contribution in [2.45, 2.75) is 162 Å². The standard InChI is InChI=1S/C29H58O4S.K/c1-3-5-7-9-10-11-12-13-14-15-16-17-18-19-20-21-22-23-25-27-29(26-24-8-6-4-2)28-33-34(30,31)32;/h25,27,29H,3-24,26,28H2,1-2H3,(H,30,31,32);/q;+1/p-1/b27-25+;. The maximum atomic E-state index is 10.8. The van der Waals surface area contributed by atoms with Crippen molar-refractivity contribution in [2.75, 3.05) is 6.61 Å². The third-order valence-electron chi connectivity index (χ3n) is 6.74. The number of allylic oxidation sites excluding steroid dienone is 1. The normalized spacial score (nSPS) is 12.8. The Morgan fingerprint density at radius 3 is 1.40 bits per heavy atom. The predicted octanol–water partition coefficient (Wildman–Crippen LogP) is 6.65. The fourth-order valence-electron chi connectivity index (χ4n) is 4.51. The molecule has 1 unspecified atom stereocenters. The van der Waals surface area contributed by atoms with Crippen molar-refractivity contribution < 1.29 is 68.5 Å². The molecule has 204 valence electrons. The fourth-order valence-corrected chi connectivity index (χ4v) is 4.86. The fraction of sp³-hybridized carbons (Fsp3) is 0.931. The third-order valence-corrected chi connectivity index (χ3v) is 7.16. The zero-order chi connectivity index (χ0) is 25.2. The third kappa shape index (κ3) is 33.2. The van der Waals surface area contributed by atoms with E-state index in [0.29, 0.717) is 0 Å². The Bertz CT molecular complexity index is 537. The van der Waals surface area contributed by atoms with E-state index in [4.69, 9.17) is 0 Å². The van der Waals surface area contributed by atoms with Gasteiger partial charge in [-0.1, -0.05) is 154 Å². The number of rotatable bonds is 27. The summed E-state index contributed by atoms with van der Waals surface area (Å²) < 4.78 is 36.8. The van der Waals surface area contributed by atoms with Crippen LogP contribution in [0, 0.1) is 5.92 Å². The molecule has 0 radical (unpaired) electrons. The average molecular weight is 541 g/mol. The molecule has 0 aliphatic carbocycles. The Morgan fingerprint density at radius 2 is 1.00 bits per heavy atom. The summed E-state index contributed by atoms with van der Waals surface area (Å²) in [5.74, 6) is 0.0198. The molecule has 0 aromatic rings. The summed E-state index contributed by atoms with van der Waals surface area (Å²) in [6, 6.07) is 0. The van der Waals surface area contributed by atoms with Crippen molar-refractivity contribution in [3.05, 3.63) is 12.2 Å². The summed E-state index contributed by atoms with van der Waals surface area (Å²) in [7, 11) is -4.60. The molecule has 0 spiro atoms. The molecule has 1 atom stereocenters. The molecular formula is C29H57KO4S. The Morgan fingerprint density at radius 1 is 0.629 bits per heavy atom. The van der Waals surface area contributed by atoms with Crippen LogP contribution in [0.25, 0.3) is 0 Å². The van der Waals surface area contributed by atoms with Crippen LogP contribution in [-0.4, -0.2) is 19.6 Å². The second-order valence-corrected chi connectivity index (χ2v) is 11.2. The van der Waals surface area contributed by atoms with Gasteiger partial charge in [0.15, 0.2) is 0 Å². The van der Waals surface area contributed by atoms with Gasteiger partial charge in [0.2, 0.25) is 10.4 Å². The molecule has 0 amide bonds. The van der Waals surface area contributed by atoms with Crippen molar-refractivity contribution in [3.63, 3.8) is 0 Å². The van der Waals surface area contributed by atoms with Crippen molar-refractivity contribution in [3.8, 4) is 0 Å². The maximum Gasteiger partial charge on any atom is 1.00 e. The monoisotopic (exact) mass is 540 g/mol. The minimum Gasteiger partial charge on any atom is -0.726 e. The Hall–Kier alpha value is 1.25. The predicted molar refractivity (Wildman–Crippen MR) is 146 cm³/mol. The van der Waals surface area contributed by atoms with E-state index in [1.165, 1.54) is 122 Å². The Balaban J connectivity index is 0. The van der Waals surface area contributed by atoms with Gasteiger partial charge in [0, 0.05) is 5.92 Å². The molecule has 0 heterocycles. The quantitative estimate of drug-likeness (QED) is 0.0384. The summed E-state index contributed by atoms with van der Waals surface area (Å²) in [4.78, 5) is 0. The van der Waals surface area contributed by atoms with Gasteiger partial charge >= 0.3 is 51.4 Å². The molecule has 0 fully saturated rings. The summed E-state index contributed by atoms with van der Waals surface area (Å²) in [6.45, 7) is 4.43. The van der Waals surface area contributed by atoms with E-state index in [9.17, 15) is 13.0 Å². The maximum absolute atomic E-state index is 10.8. The van der Waals surface area contributed by atoms with E-state index < -0.39 is 10.4 Å². The van der Waals surface area contributed by atoms with E-state index >= 15 is 0 Å². The van der Waals surface area contributed by atoms with Gasteiger partial charge in [-0.15, -0.1) is 0 Å². The minimum atomic E-state index is -4.60. The van der Waals surface area contributed by atoms with Gasteiger partial charge in [-0.05, 0) is 19.3 Å². The molecule has 4 nitrogen and oxygen atoms in total. The van der Waals surface area contributed by atoms with Gasteiger partial charge in [-0.25, -0.2) is 8.42 Å². The van der Waals surface area contributed by atoms with Crippen molar-refractivity contribution in [1.29, 1.82) is 0 Å². The summed E-state index contributed by atoms with van der Waals surface area (Å²) >= 11 is 0. The van der Waals surface area contributed by atoms with Crippen LogP contribution in [0.3, 0.4) is 0 Å². The largest absolute Gasteiger partial charge is 1.00 e. The molecule has 0 saturated heterocycles. The first-order valence-electron chi connectivity index (χ1n) is 14.8. The van der Waals surface area contributed by atoms with Crippen molar-refractivity contribution >= 4 is 10.4 Å². The molecule has 0 aliphatic rings. The van der Waals surface area contributed by atoms with Crippen LogP contribution >= 0.6 is 0 Å². The van der Waals surface area contributed by atoms with Crippen LogP contribution < -0.4 is 51.4 Å². The first-order valence-corrected chi connectivity index (χ1v) is 16.1. The molecule has 0 aromatic heterocycles. The SMILES string of the molecule is CCCCCCCCCCCCCCCCCCC/C=C/C(CCCCCC)COS(=O)(=O)[O-].[K+]. The van der Waals surface area contributed by atoms with Crippen LogP contribution in [0.1, 0.15) is 162 Å². The number of unbranched alkanes of at least 4 members (excludes halogenated alkanes) is 20. The molecule has 0 aromatic carbocycles. The first-order chi connectivity index (χ1) is 16.5. The average Bonchev–Trinajstić information content (AvgIpc) is 2.80. The topological polar surface area (TPSA) is 66.4 Å². The van der Waals surface area contributed by atoms with Crippen LogP contribution in [0.4, 0.5) is 0 Å². The number of hydrogen-bond acceptors (Lipinski definition) is 4. The minimum absolute atomic E-state index is 0. The van der Waals surface area contributed by atoms with Gasteiger partial charge in [0.05, 0.1) is 6.61 Å². The Kier molecular flexibility index (Phi) is 32.7. The molecule has 0 rings (SSSR count). The van der Waals surface area contributed by atoms with E-state index in [1.807, 2.05) is 0 Å². The van der Waals surface area contributed by atoms with E-state index in [-0.39, 0.29) is 63.9 Å². The van der Waals surface area contributed by atoms with Crippen LogP contribution in [-0.2, 0) is 14.6 Å². The zero-order valence-electron chi connectivity index (χ0n) is 23.7. The van der Waals surface area contributed by atoms with Crippen LogP contribution in [0.5, 0.6) is 0 Å². The van der Waals surface area contributed by atoms with Crippen LogP contribution in [0.15, 0.2) is 12.2 Å². The van der Waals surface area contributed by atoms with Gasteiger partial charge in [0.25, 0.3) is 0 Å². The smallest absolute Gasteiger partial charge is 0.726 e. The van der Waals surface area contributed by atoms with Gasteiger partial charge in [-0.2, -0.15) is 0 Å². The van der Waals surface area contributed by atoms with Crippen molar-refractivity contribution in [1.82, 2.24) is 0 Å². The summed E-state index contributed by atoms with van der Waals surface area (Å²) in [5.41, 5.74) is 0. The second-order valence-electron chi connectivity index (χ2n) is 10.2. The van der Waals surface area contributed by atoms with E-state index in [2.05, 4.69) is 30.2 Å². The van der Waals surface area contributed by atoms with Gasteiger partial charge < -0.3 is 4.55 Å². The molecule has 0 saturated carbocycles. The van der Waals surface area contributed by atoms with Gasteiger partial charge in [-0.3, -0.25) is 4.18 Å². The van der Waals surface area contributed by atoms with E-state index in [1.54, 1.807) is 0 Å². The Labute approximate surface area is 262 Å². The molecule has 0 N–H and O–H groups in total. The second kappa shape index (κ2) is 29.8. The molecule has 35 heavy (non-hydrogen) atoms. The molecule has 0 bridgehead atoms. The first kappa shape index (κ1) is 38.4. The van der Waals surface area contributed by atoms with Gasteiger partial charge in [0.1, 0.15) is 0 Å².